The minimum absolute atomic E-state index is 0.675. The average molecular weight is 154 g/mol. The molecular weight excluding hydrogens is 140 g/mol. The Hall–Kier alpha value is -0.570. The second-order valence-electron chi connectivity index (χ2n) is 3.43. The van der Waals surface area contributed by atoms with Gasteiger partial charge in [0, 0.05) is 19.1 Å². The van der Waals surface area contributed by atoms with Gasteiger partial charge in [-0.1, -0.05) is 0 Å². The zero-order valence-corrected chi connectivity index (χ0v) is 6.70. The van der Waals surface area contributed by atoms with Crippen LogP contribution in [0.2, 0.25) is 0 Å². The van der Waals surface area contributed by atoms with E-state index in [0.29, 0.717) is 6.04 Å². The third-order valence-corrected chi connectivity index (χ3v) is 2.75. The van der Waals surface area contributed by atoms with E-state index in [9.17, 15) is 4.79 Å². The van der Waals surface area contributed by atoms with Gasteiger partial charge in [-0.15, -0.1) is 0 Å². The number of carbonyl (C=O) groups is 1. The van der Waals surface area contributed by atoms with Gasteiger partial charge in [0.05, 0.1) is 0 Å². The minimum Gasteiger partial charge on any atom is -0.344 e. The number of hydrogen-bond donors (Lipinski definition) is 0. The maximum Gasteiger partial charge on any atom is 0.209 e. The van der Waals surface area contributed by atoms with E-state index in [4.69, 9.17) is 0 Å². The molecule has 0 aromatic rings. The molecule has 0 aromatic heterocycles. The molecule has 1 amide bonds. The van der Waals surface area contributed by atoms with Gasteiger partial charge in [-0.25, -0.2) is 0 Å². The average Bonchev–Trinajstić information content (AvgIpc) is 2.32. The summed E-state index contributed by atoms with van der Waals surface area (Å²) in [6, 6.07) is 0.675. The molecule has 2 fully saturated rings. The first kappa shape index (κ1) is 7.10. The molecule has 0 N–H and O–H groups in total. The first-order valence-electron chi connectivity index (χ1n) is 4.33. The van der Waals surface area contributed by atoms with E-state index >= 15 is 0 Å². The quantitative estimate of drug-likeness (QED) is 0.519. The van der Waals surface area contributed by atoms with Crippen molar-refractivity contribution in [2.75, 3.05) is 26.2 Å². The van der Waals surface area contributed by atoms with Crippen LogP contribution in [-0.4, -0.2) is 48.4 Å². The van der Waals surface area contributed by atoms with Crippen LogP contribution >= 0.6 is 0 Å². The Kier molecular flexibility index (Phi) is 1.82. The van der Waals surface area contributed by atoms with Crippen molar-refractivity contribution in [1.82, 2.24) is 9.80 Å². The number of rotatable bonds is 2. The van der Waals surface area contributed by atoms with E-state index in [1.807, 2.05) is 4.90 Å². The Morgan fingerprint density at radius 1 is 1.27 bits per heavy atom. The summed E-state index contributed by atoms with van der Waals surface area (Å²) in [5.41, 5.74) is 0. The fourth-order valence-electron chi connectivity index (χ4n) is 1.87. The van der Waals surface area contributed by atoms with Crippen molar-refractivity contribution in [2.24, 2.45) is 0 Å². The third-order valence-electron chi connectivity index (χ3n) is 2.75. The molecule has 2 aliphatic heterocycles. The monoisotopic (exact) mass is 154 g/mol. The smallest absolute Gasteiger partial charge is 0.209 e. The Labute approximate surface area is 67.0 Å². The van der Waals surface area contributed by atoms with Crippen molar-refractivity contribution in [2.45, 2.75) is 18.9 Å². The molecule has 0 saturated carbocycles. The lowest BCUT2D eigenvalue weighted by Gasteiger charge is -2.36. The molecule has 0 bridgehead atoms. The number of carbonyl (C=O) groups excluding carboxylic acids is 1. The van der Waals surface area contributed by atoms with Gasteiger partial charge >= 0.3 is 0 Å². The van der Waals surface area contributed by atoms with E-state index in [2.05, 4.69) is 4.90 Å². The SMILES string of the molecule is O=CN1CC[C@@H](N2CCC2)C1. The van der Waals surface area contributed by atoms with Crippen molar-refractivity contribution in [1.29, 1.82) is 0 Å². The van der Waals surface area contributed by atoms with Crippen molar-refractivity contribution in [3.8, 4) is 0 Å². The van der Waals surface area contributed by atoms with Gasteiger partial charge in [0.1, 0.15) is 0 Å². The van der Waals surface area contributed by atoms with E-state index in [0.717, 1.165) is 19.5 Å². The minimum atomic E-state index is 0.675. The standard InChI is InChI=1S/C8H14N2O/c11-7-9-5-2-8(6-9)10-3-1-4-10/h7-8H,1-6H2/t8-/m1/s1. The van der Waals surface area contributed by atoms with Gasteiger partial charge in [-0.2, -0.15) is 0 Å². The van der Waals surface area contributed by atoms with E-state index < -0.39 is 0 Å². The molecule has 0 radical (unpaired) electrons. The highest BCUT2D eigenvalue weighted by atomic mass is 16.1. The number of amides is 1. The number of hydrogen-bond acceptors (Lipinski definition) is 2. The van der Waals surface area contributed by atoms with Crippen molar-refractivity contribution >= 4 is 6.41 Å². The molecule has 0 aromatic carbocycles. The topological polar surface area (TPSA) is 23.6 Å². The van der Waals surface area contributed by atoms with Crippen LogP contribution in [0.4, 0.5) is 0 Å². The van der Waals surface area contributed by atoms with Crippen LogP contribution in [-0.2, 0) is 4.79 Å². The molecule has 3 heteroatoms. The summed E-state index contributed by atoms with van der Waals surface area (Å²) < 4.78 is 0. The number of nitrogens with zero attached hydrogens (tertiary/aromatic N) is 2. The highest BCUT2D eigenvalue weighted by Gasteiger charge is 2.29. The van der Waals surface area contributed by atoms with Gasteiger partial charge in [0.2, 0.25) is 6.41 Å². The zero-order chi connectivity index (χ0) is 7.68. The van der Waals surface area contributed by atoms with Gasteiger partial charge in [-0.3, -0.25) is 9.69 Å². The first-order chi connectivity index (χ1) is 5.40. The summed E-state index contributed by atoms with van der Waals surface area (Å²) in [5.74, 6) is 0. The fraction of sp³-hybridized carbons (Fsp3) is 0.875. The van der Waals surface area contributed by atoms with Crippen LogP contribution in [0.25, 0.3) is 0 Å². The number of likely N-dealkylation sites (tertiary alicyclic amines) is 2. The van der Waals surface area contributed by atoms with Crippen LogP contribution in [0.3, 0.4) is 0 Å². The normalized spacial score (nSPS) is 32.0. The Balaban J connectivity index is 1.83. The van der Waals surface area contributed by atoms with Gasteiger partial charge in [0.15, 0.2) is 0 Å². The molecule has 1 atom stereocenters. The summed E-state index contributed by atoms with van der Waals surface area (Å²) >= 11 is 0. The lowest BCUT2D eigenvalue weighted by molar-refractivity contribution is -0.117. The maximum atomic E-state index is 10.4. The predicted molar refractivity (Wildman–Crippen MR) is 42.2 cm³/mol. The van der Waals surface area contributed by atoms with Crippen LogP contribution in [0.5, 0.6) is 0 Å². The molecule has 2 heterocycles. The molecule has 0 spiro atoms. The summed E-state index contributed by atoms with van der Waals surface area (Å²) in [5, 5.41) is 0. The van der Waals surface area contributed by atoms with Crippen LogP contribution in [0, 0.1) is 0 Å². The summed E-state index contributed by atoms with van der Waals surface area (Å²) in [6.45, 7) is 4.42. The van der Waals surface area contributed by atoms with Crippen molar-refractivity contribution in [3.05, 3.63) is 0 Å². The van der Waals surface area contributed by atoms with Gasteiger partial charge in [0.25, 0.3) is 0 Å². The molecule has 2 saturated heterocycles. The summed E-state index contributed by atoms with van der Waals surface area (Å²) in [7, 11) is 0. The molecule has 62 valence electrons. The molecular formula is C8H14N2O. The first-order valence-corrected chi connectivity index (χ1v) is 4.33. The van der Waals surface area contributed by atoms with Crippen LogP contribution in [0.15, 0.2) is 0 Å². The lowest BCUT2D eigenvalue weighted by atomic mass is 10.1. The van der Waals surface area contributed by atoms with Crippen LogP contribution < -0.4 is 0 Å². The highest BCUT2D eigenvalue weighted by molar-refractivity contribution is 5.47. The molecule has 2 rings (SSSR count). The van der Waals surface area contributed by atoms with Gasteiger partial charge in [-0.05, 0) is 25.9 Å². The van der Waals surface area contributed by atoms with Crippen LogP contribution in [0.1, 0.15) is 12.8 Å². The second kappa shape index (κ2) is 2.81. The Morgan fingerprint density at radius 2 is 2.09 bits per heavy atom. The molecule has 11 heavy (non-hydrogen) atoms. The maximum absolute atomic E-state index is 10.4. The lowest BCUT2D eigenvalue weighted by Crippen LogP contribution is -2.46. The van der Waals surface area contributed by atoms with Crippen molar-refractivity contribution in [3.63, 3.8) is 0 Å². The predicted octanol–water partition coefficient (Wildman–Crippen LogP) is -0.0772. The summed E-state index contributed by atoms with van der Waals surface area (Å²) in [4.78, 5) is 14.7. The second-order valence-corrected chi connectivity index (χ2v) is 3.43. The molecule has 0 unspecified atom stereocenters. The molecule has 2 aliphatic rings. The third kappa shape index (κ3) is 1.25. The summed E-state index contributed by atoms with van der Waals surface area (Å²) in [6.07, 6.45) is 3.50. The Morgan fingerprint density at radius 3 is 2.55 bits per heavy atom. The highest BCUT2D eigenvalue weighted by Crippen LogP contribution is 2.19. The van der Waals surface area contributed by atoms with Gasteiger partial charge < -0.3 is 4.90 Å². The van der Waals surface area contributed by atoms with E-state index in [1.54, 1.807) is 0 Å². The van der Waals surface area contributed by atoms with E-state index in [1.165, 1.54) is 25.9 Å². The molecule has 0 aliphatic carbocycles. The largest absolute Gasteiger partial charge is 0.344 e. The Bertz CT molecular complexity index is 156. The van der Waals surface area contributed by atoms with E-state index in [-0.39, 0.29) is 0 Å². The molecule has 3 nitrogen and oxygen atoms in total. The zero-order valence-electron chi connectivity index (χ0n) is 6.70. The van der Waals surface area contributed by atoms with Crippen molar-refractivity contribution < 1.29 is 4.79 Å². The fourth-order valence-corrected chi connectivity index (χ4v) is 1.87.